The van der Waals surface area contributed by atoms with E-state index >= 15 is 0 Å². The van der Waals surface area contributed by atoms with Crippen molar-refractivity contribution in [3.63, 3.8) is 0 Å². The molecule has 0 nitrogen and oxygen atoms in total. The summed E-state index contributed by atoms with van der Waals surface area (Å²) in [5.41, 5.74) is 1.17. The molecule has 0 spiro atoms. The van der Waals surface area contributed by atoms with Gasteiger partial charge in [-0.05, 0) is 5.56 Å². The highest BCUT2D eigenvalue weighted by Gasteiger charge is 1.75. The largest absolute Gasteiger partial charge is 0.0985 e. The molecule has 8 heavy (non-hydrogen) atoms. The first-order valence-electron chi connectivity index (χ1n) is 2.61. The number of benzene rings is 1. The Morgan fingerprint density at radius 3 is 2.12 bits per heavy atom. The minimum Gasteiger partial charge on any atom is -0.0985 e. The molecular weight excluding hydrogens is 95.1 g/mol. The Balaban J connectivity index is 2.99. The van der Waals surface area contributed by atoms with Crippen molar-refractivity contribution in [2.24, 2.45) is 0 Å². The van der Waals surface area contributed by atoms with Crippen LogP contribution in [0.4, 0.5) is 0 Å². The van der Waals surface area contributed by atoms with E-state index in [0.717, 1.165) is 0 Å². The highest BCUT2D eigenvalue weighted by Crippen LogP contribution is 1.97. The summed E-state index contributed by atoms with van der Waals surface area (Å²) in [7, 11) is 0. The lowest BCUT2D eigenvalue weighted by atomic mass is 10.2. The van der Waals surface area contributed by atoms with E-state index < -0.39 is 0 Å². The maximum atomic E-state index is 3.63. The van der Waals surface area contributed by atoms with Crippen LogP contribution < -0.4 is 0 Å². The first-order valence-corrected chi connectivity index (χ1v) is 2.61. The second-order valence-electron chi connectivity index (χ2n) is 1.61. The highest BCUT2D eigenvalue weighted by molar-refractivity contribution is 5.45. The molecule has 0 aliphatic rings. The van der Waals surface area contributed by atoms with E-state index in [1.165, 1.54) is 5.56 Å². The van der Waals surface area contributed by atoms with Crippen molar-refractivity contribution >= 4 is 6.08 Å². The zero-order chi connectivity index (χ0) is 5.82. The van der Waals surface area contributed by atoms with E-state index in [4.69, 9.17) is 0 Å². The van der Waals surface area contributed by atoms with E-state index in [-0.39, 0.29) is 0 Å². The SMILES string of the molecule is [11CH2]=Cc1ccccc1. The molecule has 0 aliphatic heterocycles. The fourth-order valence-corrected chi connectivity index (χ4v) is 0.589. The van der Waals surface area contributed by atoms with E-state index in [1.807, 2.05) is 36.4 Å². The molecule has 0 unspecified atom stereocenters. The van der Waals surface area contributed by atoms with Gasteiger partial charge in [-0.2, -0.15) is 0 Å². The van der Waals surface area contributed by atoms with Crippen LogP contribution in [0.15, 0.2) is 36.9 Å². The van der Waals surface area contributed by atoms with Gasteiger partial charge in [0.2, 0.25) is 0 Å². The molecule has 0 saturated heterocycles. The second kappa shape index (κ2) is 2.31. The smallest absolute Gasteiger partial charge is 0.0263 e. The Kier molecular flexibility index (Phi) is 1.48. The quantitative estimate of drug-likeness (QED) is 0.511. The number of hydrogen-bond donors (Lipinski definition) is 0. The van der Waals surface area contributed by atoms with Crippen LogP contribution in [0.1, 0.15) is 5.56 Å². The van der Waals surface area contributed by atoms with Crippen LogP contribution in [0.5, 0.6) is 0 Å². The van der Waals surface area contributed by atoms with Gasteiger partial charge in [-0.1, -0.05) is 43.0 Å². The lowest BCUT2D eigenvalue weighted by Gasteiger charge is -1.85. The molecule has 0 amide bonds. The van der Waals surface area contributed by atoms with Crippen LogP contribution in [-0.2, 0) is 0 Å². The van der Waals surface area contributed by atoms with E-state index in [2.05, 4.69) is 6.58 Å². The molecular formula is C8H8. The van der Waals surface area contributed by atoms with Crippen molar-refractivity contribution in [3.8, 4) is 0 Å². The molecule has 0 aliphatic carbocycles. The number of hydrogen-bond acceptors (Lipinski definition) is 0. The van der Waals surface area contributed by atoms with Gasteiger partial charge in [-0.15, -0.1) is 0 Å². The Bertz CT molecular complexity index is 163. The third-order valence-electron chi connectivity index (χ3n) is 1.04. The summed E-state index contributed by atoms with van der Waals surface area (Å²) in [6.07, 6.45) is 1.83. The topological polar surface area (TPSA) is 0 Å². The number of rotatable bonds is 1. The van der Waals surface area contributed by atoms with Gasteiger partial charge < -0.3 is 0 Å². The minimum atomic E-state index is 1.17. The molecule has 0 N–H and O–H groups in total. The molecule has 0 aromatic heterocycles. The van der Waals surface area contributed by atoms with E-state index in [0.29, 0.717) is 0 Å². The summed E-state index contributed by atoms with van der Waals surface area (Å²) < 4.78 is 0. The van der Waals surface area contributed by atoms with Gasteiger partial charge in [-0.25, -0.2) is 0 Å². The van der Waals surface area contributed by atoms with Crippen LogP contribution >= 0.6 is 0 Å². The molecule has 40 valence electrons. The molecule has 1 aromatic rings. The summed E-state index contributed by atoms with van der Waals surface area (Å²) in [4.78, 5) is 0. The summed E-state index contributed by atoms with van der Waals surface area (Å²) in [6.45, 7) is 3.63. The molecule has 1 rings (SSSR count). The third kappa shape index (κ3) is 0.969. The summed E-state index contributed by atoms with van der Waals surface area (Å²) in [5.74, 6) is 0. The van der Waals surface area contributed by atoms with Crippen molar-refractivity contribution < 1.29 is 0 Å². The normalized spacial score (nSPS) is 8.50. The molecule has 1 aromatic carbocycles. The monoisotopic (exact) mass is 103 g/mol. The molecule has 0 bridgehead atoms. The molecule has 0 fully saturated rings. The van der Waals surface area contributed by atoms with Gasteiger partial charge in [0.1, 0.15) is 0 Å². The second-order valence-corrected chi connectivity index (χ2v) is 1.61. The van der Waals surface area contributed by atoms with E-state index in [9.17, 15) is 0 Å². The zero-order valence-electron chi connectivity index (χ0n) is 4.67. The average Bonchev–Trinajstić information content (AvgIpc) is 1.90. The van der Waals surface area contributed by atoms with E-state index in [1.54, 1.807) is 0 Å². The lowest BCUT2D eigenvalue weighted by molar-refractivity contribution is 1.67. The molecule has 0 heteroatoms. The third-order valence-corrected chi connectivity index (χ3v) is 1.04. The summed E-state index contributed by atoms with van der Waals surface area (Å²) >= 11 is 0. The summed E-state index contributed by atoms with van der Waals surface area (Å²) in [6, 6.07) is 10.0. The fraction of sp³-hybridized carbons (Fsp3) is 0. The first kappa shape index (κ1) is 5.10. The lowest BCUT2D eigenvalue weighted by Crippen LogP contribution is -1.63. The van der Waals surface area contributed by atoms with Crippen molar-refractivity contribution in [3.05, 3.63) is 42.5 Å². The summed E-state index contributed by atoms with van der Waals surface area (Å²) in [5, 5.41) is 0. The van der Waals surface area contributed by atoms with Crippen LogP contribution in [0.25, 0.3) is 6.08 Å². The Morgan fingerprint density at radius 1 is 1.12 bits per heavy atom. The minimum absolute atomic E-state index is 1.17. The maximum Gasteiger partial charge on any atom is -0.0263 e. The van der Waals surface area contributed by atoms with Crippen LogP contribution in [0.2, 0.25) is 0 Å². The van der Waals surface area contributed by atoms with Gasteiger partial charge in [-0.3, -0.25) is 0 Å². The zero-order valence-corrected chi connectivity index (χ0v) is 4.67. The van der Waals surface area contributed by atoms with Crippen molar-refractivity contribution in [2.45, 2.75) is 0 Å². The Morgan fingerprint density at radius 2 is 1.75 bits per heavy atom. The Hall–Kier alpha value is -1.04. The predicted octanol–water partition coefficient (Wildman–Crippen LogP) is 2.33. The van der Waals surface area contributed by atoms with Crippen molar-refractivity contribution in [1.29, 1.82) is 0 Å². The van der Waals surface area contributed by atoms with Gasteiger partial charge in [0.15, 0.2) is 0 Å². The molecule has 0 saturated carbocycles. The van der Waals surface area contributed by atoms with Crippen molar-refractivity contribution in [1.82, 2.24) is 0 Å². The highest BCUT2D eigenvalue weighted by atomic mass is 13.8. The average molecular weight is 103 g/mol. The Labute approximate surface area is 49.5 Å². The van der Waals surface area contributed by atoms with Crippen LogP contribution in [0.3, 0.4) is 0 Å². The first-order chi connectivity index (χ1) is 3.93. The fourth-order valence-electron chi connectivity index (χ4n) is 0.589. The predicted molar refractivity (Wildman–Crippen MR) is 36.5 cm³/mol. The van der Waals surface area contributed by atoms with Gasteiger partial charge in [0, 0.05) is 0 Å². The van der Waals surface area contributed by atoms with Gasteiger partial charge in [0.05, 0.1) is 0 Å². The van der Waals surface area contributed by atoms with Crippen LogP contribution in [0, 0.1) is 0 Å². The van der Waals surface area contributed by atoms with Gasteiger partial charge >= 0.3 is 0 Å². The molecule has 0 radical (unpaired) electrons. The molecule has 0 heterocycles. The van der Waals surface area contributed by atoms with Crippen molar-refractivity contribution in [2.75, 3.05) is 0 Å². The molecule has 0 atom stereocenters. The van der Waals surface area contributed by atoms with Gasteiger partial charge in [0.25, 0.3) is 0 Å². The van der Waals surface area contributed by atoms with Crippen LogP contribution in [-0.4, -0.2) is 0 Å². The maximum absolute atomic E-state index is 3.63. The standard InChI is InChI=1S/C8H8/c1-2-8-6-4-3-5-7-8/h2-7H,1H2/i1-1.